The molecule has 0 radical (unpaired) electrons. The van der Waals surface area contributed by atoms with Crippen LogP contribution in [0.25, 0.3) is 0 Å². The Labute approximate surface area is 246 Å². The fraction of sp³-hybridized carbons (Fsp3) is 0.294. The predicted molar refractivity (Wildman–Crippen MR) is 169 cm³/mol. The molecule has 1 aromatic heterocycles. The summed E-state index contributed by atoms with van der Waals surface area (Å²) in [6.45, 7) is 14.2. The van der Waals surface area contributed by atoms with Crippen LogP contribution >= 0.6 is 11.3 Å². The second-order valence-corrected chi connectivity index (χ2v) is 11.3. The first kappa shape index (κ1) is 27.1. The number of ether oxygens (including phenoxy) is 1. The molecule has 0 fully saturated rings. The lowest BCUT2D eigenvalue weighted by Crippen LogP contribution is -2.45. The molecule has 0 saturated carbocycles. The van der Waals surface area contributed by atoms with Gasteiger partial charge in [0.05, 0.1) is 10.6 Å². The first-order chi connectivity index (χ1) is 20.0. The predicted octanol–water partition coefficient (Wildman–Crippen LogP) is 7.72. The summed E-state index contributed by atoms with van der Waals surface area (Å²) in [4.78, 5) is 19.9. The fourth-order valence-corrected chi connectivity index (χ4v) is 6.98. The summed E-state index contributed by atoms with van der Waals surface area (Å²) in [7, 11) is 0. The maximum absolute atomic E-state index is 14.3. The Hall–Kier alpha value is -4.10. The van der Waals surface area contributed by atoms with Gasteiger partial charge >= 0.3 is 0 Å². The maximum atomic E-state index is 14.3. The van der Waals surface area contributed by atoms with Crippen molar-refractivity contribution in [2.24, 2.45) is 5.10 Å². The molecule has 2 aliphatic heterocycles. The average molecular weight is 565 g/mol. The molecule has 0 unspecified atom stereocenters. The summed E-state index contributed by atoms with van der Waals surface area (Å²) in [5, 5.41) is 8.85. The van der Waals surface area contributed by atoms with Crippen LogP contribution in [-0.2, 0) is 5.54 Å². The SMILES string of the molecule is CCN(CC)c1ccc2c(c1)Oc1cc(N(CC)CC)ccc1C21c2ccccc2C(=O)N1/N=C(\C)c1cccs1. The molecule has 3 aromatic carbocycles. The molecular formula is C34H36N4O2S. The van der Waals surface area contributed by atoms with Crippen LogP contribution < -0.4 is 14.5 Å². The molecule has 0 saturated heterocycles. The summed E-state index contributed by atoms with van der Waals surface area (Å²) in [6, 6.07) is 24.8. The molecule has 7 heteroatoms. The fourth-order valence-electron chi connectivity index (χ4n) is 6.31. The minimum atomic E-state index is -0.974. The number of fused-ring (bicyclic) bond motifs is 6. The molecule has 0 N–H and O–H groups in total. The summed E-state index contributed by atoms with van der Waals surface area (Å²) in [6.07, 6.45) is 0. The van der Waals surface area contributed by atoms with Crippen molar-refractivity contribution < 1.29 is 9.53 Å². The van der Waals surface area contributed by atoms with Crippen LogP contribution in [0.3, 0.4) is 0 Å². The molecule has 1 amide bonds. The van der Waals surface area contributed by atoms with E-state index in [2.05, 4.69) is 80.0 Å². The third-order valence-corrected chi connectivity index (χ3v) is 9.35. The van der Waals surface area contributed by atoms with Gasteiger partial charge in [-0.25, -0.2) is 5.01 Å². The van der Waals surface area contributed by atoms with Crippen LogP contribution in [0.4, 0.5) is 11.4 Å². The van der Waals surface area contributed by atoms with Gasteiger partial charge in [0.1, 0.15) is 17.0 Å². The smallest absolute Gasteiger partial charge is 0.275 e. The van der Waals surface area contributed by atoms with E-state index in [9.17, 15) is 4.79 Å². The van der Waals surface area contributed by atoms with E-state index in [0.717, 1.165) is 76.3 Å². The lowest BCUT2D eigenvalue weighted by Gasteiger charge is -2.42. The minimum Gasteiger partial charge on any atom is -0.456 e. The monoisotopic (exact) mass is 564 g/mol. The summed E-state index contributed by atoms with van der Waals surface area (Å²) in [5.41, 5.74) is 5.42. The molecule has 0 atom stereocenters. The highest BCUT2D eigenvalue weighted by Crippen LogP contribution is 2.58. The molecule has 0 bridgehead atoms. The van der Waals surface area contributed by atoms with Crippen LogP contribution in [0.2, 0.25) is 0 Å². The molecule has 4 aromatic rings. The molecule has 3 heterocycles. The van der Waals surface area contributed by atoms with Crippen molar-refractivity contribution in [1.82, 2.24) is 5.01 Å². The Morgan fingerprint density at radius 3 is 1.93 bits per heavy atom. The molecule has 0 aliphatic carbocycles. The molecule has 210 valence electrons. The van der Waals surface area contributed by atoms with Crippen molar-refractivity contribution in [2.45, 2.75) is 40.2 Å². The van der Waals surface area contributed by atoms with Gasteiger partial charge in [0.2, 0.25) is 0 Å². The highest BCUT2D eigenvalue weighted by atomic mass is 32.1. The minimum absolute atomic E-state index is 0.115. The van der Waals surface area contributed by atoms with Gasteiger partial charge in [-0.15, -0.1) is 11.3 Å². The van der Waals surface area contributed by atoms with Crippen LogP contribution in [-0.4, -0.2) is 42.8 Å². The Morgan fingerprint density at radius 2 is 1.39 bits per heavy atom. The number of carbonyl (C=O) groups is 1. The van der Waals surface area contributed by atoms with E-state index in [1.807, 2.05) is 42.6 Å². The van der Waals surface area contributed by atoms with Gasteiger partial charge in [-0.3, -0.25) is 4.79 Å². The second kappa shape index (κ2) is 10.7. The van der Waals surface area contributed by atoms with Gasteiger partial charge in [-0.05, 0) is 64.3 Å². The van der Waals surface area contributed by atoms with Crippen molar-refractivity contribution in [3.05, 3.63) is 105 Å². The van der Waals surface area contributed by atoms with Crippen LogP contribution in [0.1, 0.15) is 66.5 Å². The first-order valence-corrected chi connectivity index (χ1v) is 15.4. The highest BCUT2D eigenvalue weighted by Gasteiger charge is 2.57. The summed E-state index contributed by atoms with van der Waals surface area (Å²) < 4.78 is 6.76. The van der Waals surface area contributed by atoms with Gasteiger partial charge in [-0.2, -0.15) is 5.10 Å². The molecule has 41 heavy (non-hydrogen) atoms. The van der Waals surface area contributed by atoms with E-state index < -0.39 is 5.54 Å². The van der Waals surface area contributed by atoms with E-state index in [1.165, 1.54) is 0 Å². The zero-order chi connectivity index (χ0) is 28.7. The third-order valence-electron chi connectivity index (χ3n) is 8.37. The second-order valence-electron chi connectivity index (χ2n) is 10.3. The number of anilines is 2. The zero-order valence-corrected chi connectivity index (χ0v) is 25.2. The molecule has 6 nitrogen and oxygen atoms in total. The number of benzene rings is 3. The Kier molecular flexibility index (Phi) is 7.08. The zero-order valence-electron chi connectivity index (χ0n) is 24.3. The number of rotatable bonds is 8. The third kappa shape index (κ3) is 4.13. The van der Waals surface area contributed by atoms with E-state index in [0.29, 0.717) is 5.56 Å². The van der Waals surface area contributed by atoms with Crippen molar-refractivity contribution in [1.29, 1.82) is 0 Å². The number of thiophene rings is 1. The van der Waals surface area contributed by atoms with E-state index in [-0.39, 0.29) is 5.91 Å². The molecule has 1 spiro atoms. The summed E-state index contributed by atoms with van der Waals surface area (Å²) >= 11 is 1.62. The number of nitrogens with zero attached hydrogens (tertiary/aromatic N) is 4. The van der Waals surface area contributed by atoms with Gasteiger partial charge in [-0.1, -0.05) is 36.4 Å². The van der Waals surface area contributed by atoms with Crippen LogP contribution in [0, 0.1) is 0 Å². The van der Waals surface area contributed by atoms with E-state index in [1.54, 1.807) is 16.3 Å². The van der Waals surface area contributed by atoms with Crippen molar-refractivity contribution in [2.75, 3.05) is 36.0 Å². The normalized spacial score (nSPS) is 14.9. The Morgan fingerprint density at radius 1 is 0.805 bits per heavy atom. The van der Waals surface area contributed by atoms with Crippen molar-refractivity contribution in [3.8, 4) is 11.5 Å². The van der Waals surface area contributed by atoms with Gasteiger partial charge in [0, 0.05) is 71.9 Å². The van der Waals surface area contributed by atoms with Crippen molar-refractivity contribution in [3.63, 3.8) is 0 Å². The molecule has 2 aliphatic rings. The number of hydrogen-bond acceptors (Lipinski definition) is 6. The molecule has 6 rings (SSSR count). The Balaban J connectivity index is 1.67. The summed E-state index contributed by atoms with van der Waals surface area (Å²) in [5.74, 6) is 1.38. The number of carbonyl (C=O) groups excluding carboxylic acids is 1. The van der Waals surface area contributed by atoms with E-state index in [4.69, 9.17) is 9.84 Å². The topological polar surface area (TPSA) is 48.4 Å². The quantitative estimate of drug-likeness (QED) is 0.206. The lowest BCUT2D eigenvalue weighted by molar-refractivity contribution is 0.0673. The number of hydrogen-bond donors (Lipinski definition) is 0. The number of amides is 1. The lowest BCUT2D eigenvalue weighted by atomic mass is 9.75. The van der Waals surface area contributed by atoms with Crippen molar-refractivity contribution >= 4 is 34.3 Å². The number of hydrazone groups is 1. The highest BCUT2D eigenvalue weighted by molar-refractivity contribution is 7.12. The van der Waals surface area contributed by atoms with Gasteiger partial charge < -0.3 is 14.5 Å². The van der Waals surface area contributed by atoms with Gasteiger partial charge in [0.25, 0.3) is 5.91 Å². The average Bonchev–Trinajstić information content (AvgIpc) is 3.62. The van der Waals surface area contributed by atoms with Crippen LogP contribution in [0.5, 0.6) is 11.5 Å². The van der Waals surface area contributed by atoms with E-state index >= 15 is 0 Å². The largest absolute Gasteiger partial charge is 0.456 e. The van der Waals surface area contributed by atoms with Gasteiger partial charge in [0.15, 0.2) is 0 Å². The van der Waals surface area contributed by atoms with Crippen LogP contribution in [0.15, 0.2) is 83.3 Å². The maximum Gasteiger partial charge on any atom is 0.275 e. The standard InChI is InChI=1S/C34H36N4O2S/c1-6-36(7-2)24-16-18-28-30(21-24)40-31-22-25(37(8-3)9-4)17-19-29(31)34(28)27-14-11-10-13-26(27)33(39)38(34)35-23(5)32-15-12-20-41-32/h10-22H,6-9H2,1-5H3/b35-23+. The Bertz CT molecular complexity index is 1560. The first-order valence-electron chi connectivity index (χ1n) is 14.5. The molecular weight excluding hydrogens is 528 g/mol.